The molecule has 3 atom stereocenters. The van der Waals surface area contributed by atoms with Gasteiger partial charge < -0.3 is 25.6 Å². The van der Waals surface area contributed by atoms with Crippen molar-refractivity contribution < 1.29 is 29.3 Å². The van der Waals surface area contributed by atoms with E-state index < -0.39 is 42.6 Å². The summed E-state index contributed by atoms with van der Waals surface area (Å²) >= 11 is 0. The SMILES string of the molecule is O=C(NC1CCCCCC1C(=O)NC(CO)C(=O)O)OCC1c2ccccc2-c2ccccc21. The lowest BCUT2D eigenvalue weighted by atomic mass is 9.93. The van der Waals surface area contributed by atoms with Crippen LogP contribution in [0.25, 0.3) is 11.1 Å². The molecule has 0 aromatic heterocycles. The normalized spacial score (nSPS) is 20.4. The molecule has 1 fully saturated rings. The number of aliphatic hydroxyl groups is 1. The number of ether oxygens (including phenoxy) is 1. The van der Waals surface area contributed by atoms with Crippen molar-refractivity contribution in [2.24, 2.45) is 5.92 Å². The van der Waals surface area contributed by atoms with E-state index in [-0.39, 0.29) is 12.5 Å². The Labute approximate surface area is 198 Å². The van der Waals surface area contributed by atoms with E-state index in [0.29, 0.717) is 12.8 Å². The fraction of sp³-hybridized carbons (Fsp3) is 0.423. The second kappa shape index (κ2) is 10.7. The Kier molecular flexibility index (Phi) is 7.47. The first kappa shape index (κ1) is 23.8. The van der Waals surface area contributed by atoms with Crippen LogP contribution in [0.15, 0.2) is 48.5 Å². The lowest BCUT2D eigenvalue weighted by molar-refractivity contribution is -0.143. The van der Waals surface area contributed by atoms with Crippen molar-refractivity contribution in [3.63, 3.8) is 0 Å². The summed E-state index contributed by atoms with van der Waals surface area (Å²) in [7, 11) is 0. The number of nitrogens with one attached hydrogen (secondary N) is 2. The van der Waals surface area contributed by atoms with Gasteiger partial charge in [-0.1, -0.05) is 67.8 Å². The van der Waals surface area contributed by atoms with Gasteiger partial charge in [-0.2, -0.15) is 0 Å². The number of fused-ring (bicyclic) bond motifs is 3. The number of carbonyl (C=O) groups is 3. The highest BCUT2D eigenvalue weighted by atomic mass is 16.5. The standard InChI is InChI=1S/C26H30N2O6/c29-14-23(25(31)32)27-24(30)20-12-2-1-3-13-22(20)28-26(33)34-15-21-18-10-6-4-8-16(18)17-9-5-7-11-19(17)21/h4-11,20-23,29H,1-3,12-15H2,(H,27,30)(H,28,33)(H,31,32). The Balaban J connectivity index is 1.41. The molecule has 180 valence electrons. The van der Waals surface area contributed by atoms with Crippen LogP contribution >= 0.6 is 0 Å². The molecule has 8 heteroatoms. The van der Waals surface area contributed by atoms with Crippen LogP contribution in [0.1, 0.15) is 49.1 Å². The molecule has 0 aliphatic heterocycles. The molecule has 4 rings (SSSR count). The molecule has 3 unspecified atom stereocenters. The Morgan fingerprint density at radius 2 is 1.56 bits per heavy atom. The van der Waals surface area contributed by atoms with E-state index in [1.54, 1.807) is 0 Å². The third-order valence-electron chi connectivity index (χ3n) is 6.80. The van der Waals surface area contributed by atoms with Crippen molar-refractivity contribution in [3.8, 4) is 11.1 Å². The fourth-order valence-corrected chi connectivity index (χ4v) is 5.05. The fourth-order valence-electron chi connectivity index (χ4n) is 5.05. The minimum Gasteiger partial charge on any atom is -0.480 e. The minimum absolute atomic E-state index is 0.0627. The van der Waals surface area contributed by atoms with Crippen molar-refractivity contribution in [1.29, 1.82) is 0 Å². The van der Waals surface area contributed by atoms with Gasteiger partial charge in [0, 0.05) is 12.0 Å². The number of alkyl carbamates (subject to hydrolysis) is 1. The number of rotatable bonds is 7. The van der Waals surface area contributed by atoms with Gasteiger partial charge in [0.1, 0.15) is 12.6 Å². The van der Waals surface area contributed by atoms with Crippen LogP contribution in [0, 0.1) is 5.92 Å². The number of carbonyl (C=O) groups excluding carboxylic acids is 2. The Hall–Kier alpha value is -3.39. The molecule has 4 N–H and O–H groups in total. The summed E-state index contributed by atoms with van der Waals surface area (Å²) in [5.41, 5.74) is 4.52. The van der Waals surface area contributed by atoms with Gasteiger partial charge >= 0.3 is 12.1 Å². The number of aliphatic carboxylic acids is 1. The predicted molar refractivity (Wildman–Crippen MR) is 125 cm³/mol. The van der Waals surface area contributed by atoms with Gasteiger partial charge in [-0.15, -0.1) is 0 Å². The van der Waals surface area contributed by atoms with E-state index in [1.165, 1.54) is 0 Å². The number of hydrogen-bond acceptors (Lipinski definition) is 5. The van der Waals surface area contributed by atoms with Crippen molar-refractivity contribution in [3.05, 3.63) is 59.7 Å². The highest BCUT2D eigenvalue weighted by molar-refractivity contribution is 5.86. The first-order valence-electron chi connectivity index (χ1n) is 11.7. The molecular weight excluding hydrogens is 436 g/mol. The van der Waals surface area contributed by atoms with E-state index in [2.05, 4.69) is 22.8 Å². The zero-order chi connectivity index (χ0) is 24.1. The van der Waals surface area contributed by atoms with Crippen molar-refractivity contribution >= 4 is 18.0 Å². The molecule has 0 bridgehead atoms. The number of amides is 2. The molecule has 2 aromatic carbocycles. The van der Waals surface area contributed by atoms with E-state index >= 15 is 0 Å². The average molecular weight is 467 g/mol. The van der Waals surface area contributed by atoms with Gasteiger partial charge in [0.25, 0.3) is 0 Å². The summed E-state index contributed by atoms with van der Waals surface area (Å²) < 4.78 is 5.64. The van der Waals surface area contributed by atoms with Gasteiger partial charge in [-0.05, 0) is 35.1 Å². The molecule has 2 aliphatic rings. The third kappa shape index (κ3) is 5.07. The van der Waals surface area contributed by atoms with Crippen LogP contribution in [0.2, 0.25) is 0 Å². The first-order chi connectivity index (χ1) is 16.5. The Bertz CT molecular complexity index is 1010. The highest BCUT2D eigenvalue weighted by Crippen LogP contribution is 2.44. The van der Waals surface area contributed by atoms with Gasteiger partial charge in [-0.3, -0.25) is 4.79 Å². The maximum atomic E-state index is 12.8. The van der Waals surface area contributed by atoms with E-state index in [0.717, 1.165) is 41.5 Å². The first-order valence-corrected chi connectivity index (χ1v) is 11.7. The molecule has 0 spiro atoms. The quantitative estimate of drug-likeness (QED) is 0.465. The number of benzene rings is 2. The van der Waals surface area contributed by atoms with Crippen molar-refractivity contribution in [2.45, 2.75) is 50.1 Å². The molecule has 2 amide bonds. The van der Waals surface area contributed by atoms with Gasteiger partial charge in [0.2, 0.25) is 5.91 Å². The lowest BCUT2D eigenvalue weighted by Gasteiger charge is -2.26. The summed E-state index contributed by atoms with van der Waals surface area (Å²) in [6, 6.07) is 14.3. The molecule has 2 aromatic rings. The number of carboxylic acid groups (broad SMARTS) is 1. The lowest BCUT2D eigenvalue weighted by Crippen LogP contribution is -2.51. The van der Waals surface area contributed by atoms with E-state index in [1.807, 2.05) is 36.4 Å². The topological polar surface area (TPSA) is 125 Å². The second-order valence-electron chi connectivity index (χ2n) is 8.90. The Morgan fingerprint density at radius 3 is 2.18 bits per heavy atom. The van der Waals surface area contributed by atoms with Crippen LogP contribution in [0.3, 0.4) is 0 Å². The van der Waals surface area contributed by atoms with E-state index in [4.69, 9.17) is 9.84 Å². The molecule has 34 heavy (non-hydrogen) atoms. The number of aliphatic hydroxyl groups excluding tert-OH is 1. The maximum absolute atomic E-state index is 12.8. The second-order valence-corrected chi connectivity index (χ2v) is 8.90. The summed E-state index contributed by atoms with van der Waals surface area (Å²) in [4.78, 5) is 36.7. The number of hydrogen-bond donors (Lipinski definition) is 4. The van der Waals surface area contributed by atoms with Crippen LogP contribution < -0.4 is 10.6 Å². The molecule has 0 heterocycles. The summed E-state index contributed by atoms with van der Waals surface area (Å²) in [6.45, 7) is -0.521. The monoisotopic (exact) mass is 466 g/mol. The largest absolute Gasteiger partial charge is 0.480 e. The van der Waals surface area contributed by atoms with Gasteiger partial charge in [-0.25, -0.2) is 9.59 Å². The summed E-state index contributed by atoms with van der Waals surface area (Å²) in [6.07, 6.45) is 3.10. The predicted octanol–water partition coefficient (Wildman–Crippen LogP) is 3.04. The van der Waals surface area contributed by atoms with Gasteiger partial charge in [0.15, 0.2) is 0 Å². The average Bonchev–Trinajstić information content (AvgIpc) is 2.97. The van der Waals surface area contributed by atoms with Crippen LogP contribution in [-0.2, 0) is 14.3 Å². The van der Waals surface area contributed by atoms with Crippen LogP contribution in [-0.4, -0.2) is 53.5 Å². The molecule has 8 nitrogen and oxygen atoms in total. The smallest absolute Gasteiger partial charge is 0.407 e. The maximum Gasteiger partial charge on any atom is 0.407 e. The van der Waals surface area contributed by atoms with Gasteiger partial charge in [0.05, 0.1) is 12.5 Å². The highest BCUT2D eigenvalue weighted by Gasteiger charge is 2.34. The molecule has 0 saturated heterocycles. The summed E-state index contributed by atoms with van der Waals surface area (Å²) in [5, 5.41) is 23.6. The zero-order valence-electron chi connectivity index (χ0n) is 18.9. The third-order valence-corrected chi connectivity index (χ3v) is 6.80. The van der Waals surface area contributed by atoms with Crippen LogP contribution in [0.4, 0.5) is 4.79 Å². The van der Waals surface area contributed by atoms with Crippen molar-refractivity contribution in [1.82, 2.24) is 10.6 Å². The van der Waals surface area contributed by atoms with Crippen LogP contribution in [0.5, 0.6) is 0 Å². The Morgan fingerprint density at radius 1 is 0.941 bits per heavy atom. The molecule has 0 radical (unpaired) electrons. The minimum atomic E-state index is -1.37. The zero-order valence-corrected chi connectivity index (χ0v) is 18.9. The van der Waals surface area contributed by atoms with Crippen molar-refractivity contribution in [2.75, 3.05) is 13.2 Å². The van der Waals surface area contributed by atoms with E-state index in [9.17, 15) is 19.5 Å². The molecular formula is C26H30N2O6. The molecule has 1 saturated carbocycles. The summed E-state index contributed by atoms with van der Waals surface area (Å²) in [5.74, 6) is -2.43. The number of carboxylic acids is 1. The molecule has 2 aliphatic carbocycles.